The van der Waals surface area contributed by atoms with Crippen LogP contribution in [0.2, 0.25) is 0 Å². The molecule has 0 radical (unpaired) electrons. The Morgan fingerprint density at radius 2 is 2.05 bits per heavy atom. The number of amides is 1. The van der Waals surface area contributed by atoms with Gasteiger partial charge >= 0.3 is 0 Å². The van der Waals surface area contributed by atoms with Crippen LogP contribution in [-0.4, -0.2) is 42.2 Å². The molecule has 0 heterocycles. The SMILES string of the molecule is CCC(CC)N(CCO)C(=O)c1c(F)cccc1OC. The van der Waals surface area contributed by atoms with E-state index in [4.69, 9.17) is 9.84 Å². The lowest BCUT2D eigenvalue weighted by atomic mass is 10.1. The van der Waals surface area contributed by atoms with Crippen LogP contribution in [0.15, 0.2) is 18.2 Å². The van der Waals surface area contributed by atoms with Crippen LogP contribution in [0.5, 0.6) is 5.75 Å². The molecule has 5 heteroatoms. The van der Waals surface area contributed by atoms with Crippen molar-refractivity contribution in [1.82, 2.24) is 4.90 Å². The molecule has 4 nitrogen and oxygen atoms in total. The van der Waals surface area contributed by atoms with Gasteiger partial charge in [0.25, 0.3) is 5.91 Å². The Balaban J connectivity index is 3.18. The van der Waals surface area contributed by atoms with E-state index in [2.05, 4.69) is 0 Å². The number of methoxy groups -OCH3 is 1. The molecule has 0 aromatic heterocycles. The van der Waals surface area contributed by atoms with Crippen LogP contribution in [0.3, 0.4) is 0 Å². The number of nitrogens with zero attached hydrogens (tertiary/aromatic N) is 1. The summed E-state index contributed by atoms with van der Waals surface area (Å²) in [4.78, 5) is 14.1. The lowest BCUT2D eigenvalue weighted by Crippen LogP contribution is -2.42. The van der Waals surface area contributed by atoms with Gasteiger partial charge in [-0.25, -0.2) is 4.39 Å². The van der Waals surface area contributed by atoms with Gasteiger partial charge in [0.1, 0.15) is 17.1 Å². The first-order chi connectivity index (χ1) is 9.60. The van der Waals surface area contributed by atoms with Crippen LogP contribution in [0.1, 0.15) is 37.0 Å². The van der Waals surface area contributed by atoms with Crippen molar-refractivity contribution in [3.05, 3.63) is 29.6 Å². The molecule has 0 aliphatic rings. The van der Waals surface area contributed by atoms with Crippen LogP contribution < -0.4 is 4.74 Å². The highest BCUT2D eigenvalue weighted by Gasteiger charge is 2.27. The van der Waals surface area contributed by atoms with Gasteiger partial charge in [-0.2, -0.15) is 0 Å². The zero-order chi connectivity index (χ0) is 15.1. The lowest BCUT2D eigenvalue weighted by molar-refractivity contribution is 0.0614. The van der Waals surface area contributed by atoms with E-state index in [9.17, 15) is 9.18 Å². The van der Waals surface area contributed by atoms with E-state index in [-0.39, 0.29) is 30.5 Å². The fraction of sp³-hybridized carbons (Fsp3) is 0.533. The highest BCUT2D eigenvalue weighted by molar-refractivity contribution is 5.97. The third-order valence-electron chi connectivity index (χ3n) is 3.39. The van der Waals surface area contributed by atoms with Gasteiger partial charge in [-0.3, -0.25) is 4.79 Å². The molecule has 20 heavy (non-hydrogen) atoms. The first-order valence-corrected chi connectivity index (χ1v) is 6.84. The van der Waals surface area contributed by atoms with E-state index >= 15 is 0 Å². The topological polar surface area (TPSA) is 49.8 Å². The van der Waals surface area contributed by atoms with Gasteiger partial charge < -0.3 is 14.7 Å². The summed E-state index contributed by atoms with van der Waals surface area (Å²) in [5.74, 6) is -0.838. The fourth-order valence-corrected chi connectivity index (χ4v) is 2.31. The minimum Gasteiger partial charge on any atom is -0.496 e. The Morgan fingerprint density at radius 3 is 2.55 bits per heavy atom. The number of hydrogen-bond donors (Lipinski definition) is 1. The van der Waals surface area contributed by atoms with Gasteiger partial charge in [-0.05, 0) is 25.0 Å². The predicted octanol–water partition coefficient (Wildman–Crippen LogP) is 2.46. The van der Waals surface area contributed by atoms with Crippen LogP contribution in [-0.2, 0) is 0 Å². The smallest absolute Gasteiger partial charge is 0.260 e. The van der Waals surface area contributed by atoms with Crippen molar-refractivity contribution in [2.75, 3.05) is 20.3 Å². The Kier molecular flexibility index (Phi) is 6.45. The normalized spacial score (nSPS) is 10.7. The number of ether oxygens (including phenoxy) is 1. The minimum absolute atomic E-state index is 0.0287. The quantitative estimate of drug-likeness (QED) is 0.836. The van der Waals surface area contributed by atoms with E-state index in [1.165, 1.54) is 24.1 Å². The molecule has 0 spiro atoms. The summed E-state index contributed by atoms with van der Waals surface area (Å²) in [5, 5.41) is 9.15. The molecule has 0 bridgehead atoms. The number of hydrogen-bond acceptors (Lipinski definition) is 3. The van der Waals surface area contributed by atoms with Crippen molar-refractivity contribution in [2.24, 2.45) is 0 Å². The van der Waals surface area contributed by atoms with Crippen LogP contribution in [0, 0.1) is 5.82 Å². The highest BCUT2D eigenvalue weighted by atomic mass is 19.1. The molecule has 1 amide bonds. The summed E-state index contributed by atoms with van der Waals surface area (Å²) in [6.07, 6.45) is 1.50. The Labute approximate surface area is 119 Å². The van der Waals surface area contributed by atoms with E-state index in [1.54, 1.807) is 6.07 Å². The molecule has 0 saturated heterocycles. The second-order valence-electron chi connectivity index (χ2n) is 4.51. The van der Waals surface area contributed by atoms with Crippen molar-refractivity contribution >= 4 is 5.91 Å². The van der Waals surface area contributed by atoms with Gasteiger partial charge in [0.2, 0.25) is 0 Å². The van der Waals surface area contributed by atoms with Crippen molar-refractivity contribution in [2.45, 2.75) is 32.7 Å². The Bertz CT molecular complexity index is 447. The van der Waals surface area contributed by atoms with E-state index in [0.717, 1.165) is 12.8 Å². The Hall–Kier alpha value is -1.62. The molecule has 0 saturated carbocycles. The molecule has 1 aromatic carbocycles. The molecule has 1 N–H and O–H groups in total. The summed E-state index contributed by atoms with van der Waals surface area (Å²) in [5.41, 5.74) is -0.0737. The van der Waals surface area contributed by atoms with Crippen LogP contribution in [0.25, 0.3) is 0 Å². The number of rotatable bonds is 7. The van der Waals surface area contributed by atoms with Crippen molar-refractivity contribution in [1.29, 1.82) is 0 Å². The molecule has 0 unspecified atom stereocenters. The molecular weight excluding hydrogens is 261 g/mol. The molecule has 0 aliphatic heterocycles. The summed E-state index contributed by atoms with van der Waals surface area (Å²) in [7, 11) is 1.40. The Morgan fingerprint density at radius 1 is 1.40 bits per heavy atom. The molecule has 0 atom stereocenters. The number of carbonyl (C=O) groups is 1. The van der Waals surface area contributed by atoms with Crippen LogP contribution in [0.4, 0.5) is 4.39 Å². The first kappa shape index (κ1) is 16.4. The fourth-order valence-electron chi connectivity index (χ4n) is 2.31. The van der Waals surface area contributed by atoms with Crippen molar-refractivity contribution in [3.63, 3.8) is 0 Å². The molecule has 0 fully saturated rings. The molecule has 112 valence electrons. The third-order valence-corrected chi connectivity index (χ3v) is 3.39. The number of aliphatic hydroxyl groups excluding tert-OH is 1. The summed E-state index contributed by atoms with van der Waals surface area (Å²) in [6.45, 7) is 3.95. The monoisotopic (exact) mass is 283 g/mol. The average Bonchev–Trinajstić information content (AvgIpc) is 2.46. The molecular formula is C15H22FNO3. The zero-order valence-corrected chi connectivity index (χ0v) is 12.2. The summed E-state index contributed by atoms with van der Waals surface area (Å²) >= 11 is 0. The van der Waals surface area contributed by atoms with Gasteiger partial charge in [0.05, 0.1) is 13.7 Å². The summed E-state index contributed by atoms with van der Waals surface area (Å²) in [6, 6.07) is 4.26. The second kappa shape index (κ2) is 7.85. The summed E-state index contributed by atoms with van der Waals surface area (Å²) < 4.78 is 19.0. The van der Waals surface area contributed by atoms with Crippen molar-refractivity contribution < 1.29 is 19.0 Å². The van der Waals surface area contributed by atoms with Gasteiger partial charge in [0.15, 0.2) is 0 Å². The number of halogens is 1. The van der Waals surface area contributed by atoms with Gasteiger partial charge in [-0.15, -0.1) is 0 Å². The van der Waals surface area contributed by atoms with E-state index in [0.29, 0.717) is 0 Å². The number of aliphatic hydroxyl groups is 1. The molecule has 1 rings (SSSR count). The van der Waals surface area contributed by atoms with Crippen LogP contribution >= 0.6 is 0 Å². The standard InChI is InChI=1S/C15H22FNO3/c1-4-11(5-2)17(9-10-18)15(19)14-12(16)7-6-8-13(14)20-3/h6-8,11,18H,4-5,9-10H2,1-3H3. The zero-order valence-electron chi connectivity index (χ0n) is 12.2. The predicted molar refractivity (Wildman–Crippen MR) is 75.4 cm³/mol. The third kappa shape index (κ3) is 3.48. The second-order valence-corrected chi connectivity index (χ2v) is 4.51. The molecule has 1 aromatic rings. The van der Waals surface area contributed by atoms with E-state index < -0.39 is 11.7 Å². The van der Waals surface area contributed by atoms with Gasteiger partial charge in [-0.1, -0.05) is 19.9 Å². The number of benzene rings is 1. The minimum atomic E-state index is -0.608. The highest BCUT2D eigenvalue weighted by Crippen LogP contribution is 2.24. The maximum atomic E-state index is 14.0. The average molecular weight is 283 g/mol. The van der Waals surface area contributed by atoms with E-state index in [1.807, 2.05) is 13.8 Å². The maximum absolute atomic E-state index is 14.0. The van der Waals surface area contributed by atoms with Gasteiger partial charge in [0, 0.05) is 12.6 Å². The first-order valence-electron chi connectivity index (χ1n) is 6.84. The number of carbonyl (C=O) groups excluding carboxylic acids is 1. The molecule has 0 aliphatic carbocycles. The van der Waals surface area contributed by atoms with Crippen molar-refractivity contribution in [3.8, 4) is 5.75 Å². The largest absolute Gasteiger partial charge is 0.496 e. The lowest BCUT2D eigenvalue weighted by Gasteiger charge is -2.30. The maximum Gasteiger partial charge on any atom is 0.260 e.